The third kappa shape index (κ3) is 6.60. The van der Waals surface area contributed by atoms with Crippen molar-refractivity contribution >= 4 is 0 Å². The maximum absolute atomic E-state index is 5.82. The number of likely N-dealkylation sites (tertiary alicyclic amines) is 1. The molecule has 0 spiro atoms. The zero-order chi connectivity index (χ0) is 15.1. The van der Waals surface area contributed by atoms with E-state index < -0.39 is 0 Å². The van der Waals surface area contributed by atoms with E-state index >= 15 is 0 Å². The Labute approximate surface area is 129 Å². The molecule has 1 aliphatic rings. The quantitative estimate of drug-likeness (QED) is 0.781. The molecule has 3 nitrogen and oxygen atoms in total. The second-order valence-electron chi connectivity index (χ2n) is 7.02. The summed E-state index contributed by atoms with van der Waals surface area (Å²) in [5, 5.41) is 3.52. The molecule has 0 bridgehead atoms. The minimum Gasteiger partial charge on any atom is -0.375 e. The fourth-order valence-corrected chi connectivity index (χ4v) is 2.59. The van der Waals surface area contributed by atoms with Crippen molar-refractivity contribution in [3.05, 3.63) is 35.4 Å². The normalized spacial score (nSPS) is 16.5. The Hall–Kier alpha value is -0.900. The number of hydrogen-bond donors (Lipinski definition) is 1. The molecule has 0 aromatic heterocycles. The number of benzene rings is 1. The van der Waals surface area contributed by atoms with E-state index in [1.807, 2.05) is 0 Å². The van der Waals surface area contributed by atoms with E-state index in [-0.39, 0.29) is 5.54 Å². The Morgan fingerprint density at radius 1 is 1.14 bits per heavy atom. The predicted molar refractivity (Wildman–Crippen MR) is 88.4 cm³/mol. The Kier molecular flexibility index (Phi) is 6.22. The highest BCUT2D eigenvalue weighted by Gasteiger charge is 2.10. The van der Waals surface area contributed by atoms with Crippen LogP contribution in [0.2, 0.25) is 0 Å². The summed E-state index contributed by atoms with van der Waals surface area (Å²) < 4.78 is 5.82. The van der Waals surface area contributed by atoms with E-state index in [9.17, 15) is 0 Å². The van der Waals surface area contributed by atoms with Gasteiger partial charge in [-0.25, -0.2) is 0 Å². The van der Waals surface area contributed by atoms with Gasteiger partial charge in [-0.2, -0.15) is 0 Å². The molecule has 2 rings (SSSR count). The Morgan fingerprint density at radius 3 is 2.57 bits per heavy atom. The van der Waals surface area contributed by atoms with E-state index in [1.165, 1.54) is 37.1 Å². The third-order valence-corrected chi connectivity index (χ3v) is 3.83. The van der Waals surface area contributed by atoms with Crippen molar-refractivity contribution in [2.75, 3.05) is 26.2 Å². The fourth-order valence-electron chi connectivity index (χ4n) is 2.59. The average molecular weight is 290 g/mol. The lowest BCUT2D eigenvalue weighted by Crippen LogP contribution is -2.35. The van der Waals surface area contributed by atoms with Crippen LogP contribution in [0, 0.1) is 0 Å². The predicted octanol–water partition coefficient (Wildman–Crippen LogP) is 3.19. The van der Waals surface area contributed by atoms with Gasteiger partial charge in [0.25, 0.3) is 0 Å². The third-order valence-electron chi connectivity index (χ3n) is 3.83. The summed E-state index contributed by atoms with van der Waals surface area (Å²) in [7, 11) is 0. The molecule has 0 amide bonds. The van der Waals surface area contributed by atoms with Crippen molar-refractivity contribution in [2.45, 2.75) is 52.3 Å². The first-order valence-electron chi connectivity index (χ1n) is 8.16. The summed E-state index contributed by atoms with van der Waals surface area (Å²) >= 11 is 0. The molecule has 0 atom stereocenters. The molecular weight excluding hydrogens is 260 g/mol. The Morgan fingerprint density at radius 2 is 1.86 bits per heavy atom. The van der Waals surface area contributed by atoms with Crippen LogP contribution in [0.4, 0.5) is 0 Å². The zero-order valence-corrected chi connectivity index (χ0v) is 13.8. The first-order chi connectivity index (χ1) is 10.0. The maximum Gasteiger partial charge on any atom is 0.0717 e. The molecule has 3 heteroatoms. The van der Waals surface area contributed by atoms with Crippen LogP contribution in [0.25, 0.3) is 0 Å². The lowest BCUT2D eigenvalue weighted by atomic mass is 10.1. The lowest BCUT2D eigenvalue weighted by molar-refractivity contribution is 0.0992. The largest absolute Gasteiger partial charge is 0.375 e. The van der Waals surface area contributed by atoms with Crippen LogP contribution in [0.3, 0.4) is 0 Å². The molecule has 0 unspecified atom stereocenters. The molecule has 1 aromatic carbocycles. The Bertz CT molecular complexity index is 419. The van der Waals surface area contributed by atoms with Crippen molar-refractivity contribution in [1.29, 1.82) is 0 Å². The van der Waals surface area contributed by atoms with Crippen LogP contribution in [-0.4, -0.2) is 36.7 Å². The summed E-state index contributed by atoms with van der Waals surface area (Å²) in [4.78, 5) is 2.49. The van der Waals surface area contributed by atoms with Crippen molar-refractivity contribution in [3.8, 4) is 0 Å². The highest BCUT2D eigenvalue weighted by atomic mass is 16.5. The smallest absolute Gasteiger partial charge is 0.0717 e. The van der Waals surface area contributed by atoms with Crippen LogP contribution in [0.15, 0.2) is 24.3 Å². The summed E-state index contributed by atoms with van der Waals surface area (Å²) in [5.41, 5.74) is 2.75. The van der Waals surface area contributed by atoms with E-state index in [0.717, 1.165) is 26.3 Å². The van der Waals surface area contributed by atoms with E-state index in [4.69, 9.17) is 4.74 Å². The molecule has 1 fully saturated rings. The van der Waals surface area contributed by atoms with Gasteiger partial charge in [-0.1, -0.05) is 24.3 Å². The van der Waals surface area contributed by atoms with Gasteiger partial charge < -0.3 is 15.0 Å². The zero-order valence-electron chi connectivity index (χ0n) is 13.8. The maximum atomic E-state index is 5.82. The van der Waals surface area contributed by atoms with Crippen LogP contribution in [0.5, 0.6) is 0 Å². The van der Waals surface area contributed by atoms with Crippen LogP contribution in [-0.2, 0) is 17.9 Å². The topological polar surface area (TPSA) is 24.5 Å². The highest BCUT2D eigenvalue weighted by Crippen LogP contribution is 2.10. The summed E-state index contributed by atoms with van der Waals surface area (Å²) in [5.74, 6) is 0. The van der Waals surface area contributed by atoms with Gasteiger partial charge in [0.2, 0.25) is 0 Å². The SMILES string of the molecule is CC(C)(C)NCc1cccc(COCCN2CCCC2)c1. The molecule has 1 N–H and O–H groups in total. The summed E-state index contributed by atoms with van der Waals surface area (Å²) in [6.07, 6.45) is 2.70. The van der Waals surface area contributed by atoms with Gasteiger partial charge in [0.1, 0.15) is 0 Å². The van der Waals surface area contributed by atoms with Gasteiger partial charge in [0.15, 0.2) is 0 Å². The first kappa shape index (κ1) is 16.5. The molecule has 1 aromatic rings. The van der Waals surface area contributed by atoms with E-state index in [2.05, 4.69) is 55.3 Å². The van der Waals surface area contributed by atoms with Crippen molar-refractivity contribution < 1.29 is 4.74 Å². The molecule has 118 valence electrons. The Balaban J connectivity index is 1.70. The number of nitrogens with one attached hydrogen (secondary N) is 1. The fraction of sp³-hybridized carbons (Fsp3) is 0.667. The van der Waals surface area contributed by atoms with Crippen molar-refractivity contribution in [1.82, 2.24) is 10.2 Å². The van der Waals surface area contributed by atoms with Gasteiger partial charge >= 0.3 is 0 Å². The van der Waals surface area contributed by atoms with E-state index in [1.54, 1.807) is 0 Å². The van der Waals surface area contributed by atoms with E-state index in [0.29, 0.717) is 0 Å². The van der Waals surface area contributed by atoms with Gasteiger partial charge in [-0.15, -0.1) is 0 Å². The second kappa shape index (κ2) is 7.92. The average Bonchev–Trinajstić information content (AvgIpc) is 2.94. The van der Waals surface area contributed by atoms with Gasteiger partial charge in [0.05, 0.1) is 13.2 Å². The molecule has 1 saturated heterocycles. The van der Waals surface area contributed by atoms with Crippen LogP contribution >= 0.6 is 0 Å². The minimum atomic E-state index is 0.155. The number of ether oxygens (including phenoxy) is 1. The van der Waals surface area contributed by atoms with Crippen LogP contribution < -0.4 is 5.32 Å². The molecule has 1 heterocycles. The second-order valence-corrected chi connectivity index (χ2v) is 7.02. The molecule has 0 aliphatic carbocycles. The van der Waals surface area contributed by atoms with Crippen LogP contribution in [0.1, 0.15) is 44.7 Å². The highest BCUT2D eigenvalue weighted by molar-refractivity contribution is 5.23. The minimum absolute atomic E-state index is 0.155. The van der Waals surface area contributed by atoms with Gasteiger partial charge in [-0.3, -0.25) is 0 Å². The number of nitrogens with zero attached hydrogens (tertiary/aromatic N) is 1. The summed E-state index contributed by atoms with van der Waals surface area (Å²) in [6.45, 7) is 12.6. The number of hydrogen-bond acceptors (Lipinski definition) is 3. The molecule has 0 saturated carbocycles. The molecule has 1 aliphatic heterocycles. The monoisotopic (exact) mass is 290 g/mol. The molecule has 0 radical (unpaired) electrons. The molecule has 21 heavy (non-hydrogen) atoms. The van der Waals surface area contributed by atoms with Gasteiger partial charge in [-0.05, 0) is 57.8 Å². The number of rotatable bonds is 7. The first-order valence-corrected chi connectivity index (χ1v) is 8.16. The van der Waals surface area contributed by atoms with Gasteiger partial charge in [0, 0.05) is 18.6 Å². The van der Waals surface area contributed by atoms with Crippen molar-refractivity contribution in [2.24, 2.45) is 0 Å². The summed E-state index contributed by atoms with van der Waals surface area (Å²) in [6, 6.07) is 8.69. The standard InChI is InChI=1S/C18H30N2O/c1-18(2,3)19-14-16-7-6-8-17(13-16)15-21-12-11-20-9-4-5-10-20/h6-8,13,19H,4-5,9-12,14-15H2,1-3H3. The lowest BCUT2D eigenvalue weighted by Gasteiger charge is -2.20. The van der Waals surface area contributed by atoms with Crippen molar-refractivity contribution in [3.63, 3.8) is 0 Å². The molecular formula is C18H30N2O.